The number of benzene rings is 1. The van der Waals surface area contributed by atoms with Crippen LogP contribution in [0.2, 0.25) is 0 Å². The molecule has 1 aromatic rings. The van der Waals surface area contributed by atoms with Gasteiger partial charge in [0.05, 0.1) is 0 Å². The molecule has 0 spiro atoms. The molecule has 0 aliphatic heterocycles. The molecule has 0 heterocycles. The van der Waals surface area contributed by atoms with Crippen molar-refractivity contribution >= 4 is 5.57 Å². The Hall–Kier alpha value is -1.04. The minimum Gasteiger partial charge on any atom is -0.0807 e. The third-order valence-electron chi connectivity index (χ3n) is 4.65. The Morgan fingerprint density at radius 3 is 2.22 bits per heavy atom. The molecule has 1 saturated carbocycles. The molecule has 1 aromatic carbocycles. The first kappa shape index (κ1) is 12.0. The van der Waals surface area contributed by atoms with Crippen LogP contribution in [0.15, 0.2) is 30.3 Å². The second-order valence-electron chi connectivity index (χ2n) is 5.93. The number of allylic oxidation sites excluding steroid dienone is 2. The van der Waals surface area contributed by atoms with E-state index in [1.165, 1.54) is 63.4 Å². The number of hydrogen-bond donors (Lipinski definition) is 0. The van der Waals surface area contributed by atoms with Gasteiger partial charge in [-0.25, -0.2) is 0 Å². The quantitative estimate of drug-likeness (QED) is 0.622. The highest BCUT2D eigenvalue weighted by Crippen LogP contribution is 2.34. The van der Waals surface area contributed by atoms with Crippen molar-refractivity contribution in [1.82, 2.24) is 0 Å². The Bertz CT molecular complexity index is 404. The Balaban J connectivity index is 1.73. The lowest BCUT2D eigenvalue weighted by molar-refractivity contribution is 0.443. The zero-order valence-electron chi connectivity index (χ0n) is 11.3. The molecule has 0 bridgehead atoms. The van der Waals surface area contributed by atoms with Crippen LogP contribution in [-0.4, -0.2) is 0 Å². The fourth-order valence-corrected chi connectivity index (χ4v) is 3.51. The Morgan fingerprint density at radius 2 is 1.56 bits per heavy atom. The van der Waals surface area contributed by atoms with E-state index in [2.05, 4.69) is 30.3 Å². The molecule has 0 unspecified atom stereocenters. The van der Waals surface area contributed by atoms with Gasteiger partial charge < -0.3 is 0 Å². The van der Waals surface area contributed by atoms with E-state index in [-0.39, 0.29) is 0 Å². The van der Waals surface area contributed by atoms with Crippen LogP contribution in [0.1, 0.15) is 74.8 Å². The first-order chi connectivity index (χ1) is 8.93. The van der Waals surface area contributed by atoms with Crippen molar-refractivity contribution in [2.75, 3.05) is 0 Å². The molecule has 0 nitrogen and oxygen atoms in total. The van der Waals surface area contributed by atoms with Crippen LogP contribution in [0.4, 0.5) is 0 Å². The molecule has 0 amide bonds. The van der Waals surface area contributed by atoms with Crippen LogP contribution in [-0.2, 0) is 0 Å². The van der Waals surface area contributed by atoms with Gasteiger partial charge in [-0.3, -0.25) is 0 Å². The molecule has 0 atom stereocenters. The van der Waals surface area contributed by atoms with Crippen molar-refractivity contribution in [3.8, 4) is 0 Å². The molecule has 1 fully saturated rings. The van der Waals surface area contributed by atoms with Gasteiger partial charge in [0.15, 0.2) is 0 Å². The van der Waals surface area contributed by atoms with Gasteiger partial charge in [0.25, 0.3) is 0 Å². The van der Waals surface area contributed by atoms with E-state index >= 15 is 0 Å². The number of rotatable bonds is 2. The van der Waals surface area contributed by atoms with Gasteiger partial charge in [-0.15, -0.1) is 0 Å². The van der Waals surface area contributed by atoms with Gasteiger partial charge in [-0.2, -0.15) is 0 Å². The third-order valence-corrected chi connectivity index (χ3v) is 4.65. The smallest absolute Gasteiger partial charge is 0.0162 e. The van der Waals surface area contributed by atoms with Gasteiger partial charge in [-0.1, -0.05) is 49.6 Å². The highest BCUT2D eigenvalue weighted by atomic mass is 14.2. The fraction of sp³-hybridized carbons (Fsp3) is 0.556. The zero-order valence-corrected chi connectivity index (χ0v) is 11.3. The van der Waals surface area contributed by atoms with Gasteiger partial charge in [0, 0.05) is 0 Å². The lowest BCUT2D eigenvalue weighted by Crippen LogP contribution is -2.04. The van der Waals surface area contributed by atoms with Crippen molar-refractivity contribution in [2.24, 2.45) is 0 Å². The summed E-state index contributed by atoms with van der Waals surface area (Å²) in [6.07, 6.45) is 14.9. The SMILES string of the molecule is C1=C(c2ccc(C3CCCCC3)cc2)CCCC1. The first-order valence-electron chi connectivity index (χ1n) is 7.73. The Labute approximate surface area is 111 Å². The largest absolute Gasteiger partial charge is 0.0807 e. The molecule has 0 saturated heterocycles. The predicted molar refractivity (Wildman–Crippen MR) is 78.7 cm³/mol. The molecule has 0 N–H and O–H groups in total. The van der Waals surface area contributed by atoms with E-state index in [4.69, 9.17) is 0 Å². The van der Waals surface area contributed by atoms with Gasteiger partial charge in [0.2, 0.25) is 0 Å². The molecule has 2 aliphatic rings. The number of hydrogen-bond acceptors (Lipinski definition) is 0. The minimum atomic E-state index is 0.841. The van der Waals surface area contributed by atoms with E-state index in [1.807, 2.05) is 0 Å². The Morgan fingerprint density at radius 1 is 0.778 bits per heavy atom. The van der Waals surface area contributed by atoms with Crippen LogP contribution in [0, 0.1) is 0 Å². The topological polar surface area (TPSA) is 0 Å². The lowest BCUT2D eigenvalue weighted by Gasteiger charge is -2.22. The van der Waals surface area contributed by atoms with Crippen molar-refractivity contribution in [3.05, 3.63) is 41.5 Å². The van der Waals surface area contributed by atoms with Crippen LogP contribution < -0.4 is 0 Å². The molecular weight excluding hydrogens is 216 g/mol. The predicted octanol–water partition coefficient (Wildman–Crippen LogP) is 5.69. The highest BCUT2D eigenvalue weighted by molar-refractivity contribution is 5.66. The average Bonchev–Trinajstić information content (AvgIpc) is 2.49. The molecule has 0 aromatic heterocycles. The van der Waals surface area contributed by atoms with E-state index in [0.29, 0.717) is 0 Å². The zero-order chi connectivity index (χ0) is 12.2. The maximum atomic E-state index is 2.44. The third kappa shape index (κ3) is 2.68. The molecule has 3 rings (SSSR count). The summed E-state index contributed by atoms with van der Waals surface area (Å²) < 4.78 is 0. The lowest BCUT2D eigenvalue weighted by atomic mass is 9.83. The summed E-state index contributed by atoms with van der Waals surface area (Å²) in [5, 5.41) is 0. The van der Waals surface area contributed by atoms with Crippen molar-refractivity contribution in [3.63, 3.8) is 0 Å². The average molecular weight is 240 g/mol. The van der Waals surface area contributed by atoms with Crippen LogP contribution in [0.5, 0.6) is 0 Å². The maximum Gasteiger partial charge on any atom is -0.0162 e. The monoisotopic (exact) mass is 240 g/mol. The first-order valence-corrected chi connectivity index (χ1v) is 7.73. The van der Waals surface area contributed by atoms with E-state index in [1.54, 1.807) is 11.1 Å². The summed E-state index contributed by atoms with van der Waals surface area (Å²) in [7, 11) is 0. The van der Waals surface area contributed by atoms with E-state index < -0.39 is 0 Å². The van der Waals surface area contributed by atoms with Crippen molar-refractivity contribution < 1.29 is 0 Å². The summed E-state index contributed by atoms with van der Waals surface area (Å²) in [5.41, 5.74) is 4.63. The molecular formula is C18H24. The summed E-state index contributed by atoms with van der Waals surface area (Å²) in [4.78, 5) is 0. The van der Waals surface area contributed by atoms with Gasteiger partial charge in [0.1, 0.15) is 0 Å². The minimum absolute atomic E-state index is 0.841. The summed E-state index contributed by atoms with van der Waals surface area (Å²) in [5.74, 6) is 0.841. The Kier molecular flexibility index (Phi) is 3.83. The molecule has 18 heavy (non-hydrogen) atoms. The second-order valence-corrected chi connectivity index (χ2v) is 5.93. The summed E-state index contributed by atoms with van der Waals surface area (Å²) >= 11 is 0. The van der Waals surface area contributed by atoms with Crippen LogP contribution in [0.25, 0.3) is 5.57 Å². The molecule has 2 aliphatic carbocycles. The molecule has 96 valence electrons. The van der Waals surface area contributed by atoms with Crippen LogP contribution in [0.3, 0.4) is 0 Å². The van der Waals surface area contributed by atoms with Gasteiger partial charge >= 0.3 is 0 Å². The second kappa shape index (κ2) is 5.73. The summed E-state index contributed by atoms with van der Waals surface area (Å²) in [6, 6.07) is 9.50. The van der Waals surface area contributed by atoms with Gasteiger partial charge in [-0.05, 0) is 61.1 Å². The van der Waals surface area contributed by atoms with Crippen molar-refractivity contribution in [1.29, 1.82) is 0 Å². The maximum absolute atomic E-state index is 2.44. The standard InChI is InChI=1S/C18H24/c1-3-7-15(8-4-1)17-11-13-18(14-12-17)16-9-5-2-6-10-16/h7,11-14,16H,1-6,8-10H2. The van der Waals surface area contributed by atoms with Crippen LogP contribution >= 0.6 is 0 Å². The molecule has 0 heteroatoms. The summed E-state index contributed by atoms with van der Waals surface area (Å²) in [6.45, 7) is 0. The van der Waals surface area contributed by atoms with E-state index in [9.17, 15) is 0 Å². The fourth-order valence-electron chi connectivity index (χ4n) is 3.51. The highest BCUT2D eigenvalue weighted by Gasteiger charge is 2.15. The van der Waals surface area contributed by atoms with E-state index in [0.717, 1.165) is 5.92 Å². The molecule has 0 radical (unpaired) electrons. The normalized spacial score (nSPS) is 21.7. The van der Waals surface area contributed by atoms with Crippen molar-refractivity contribution in [2.45, 2.75) is 63.7 Å².